The van der Waals surface area contributed by atoms with Gasteiger partial charge in [-0.15, -0.1) is 0 Å². The molecule has 0 aliphatic carbocycles. The molecule has 2 heterocycles. The van der Waals surface area contributed by atoms with Crippen molar-refractivity contribution in [3.05, 3.63) is 246 Å². The standard InChI is InChI=1S/C55H41N5O/c56-53(46-26-14-23-42(33-46)38-16-4-1-5-17-38)60-54(39-18-6-2-7-19-39)57-36-37-15-12-22-41(31-37)43-24-13-25-44(32-43)49-35-50(59-55(58-49)40-20-8-3-9-21-40)45-29-30-48-47-27-10-11-28-51(47)61-52(48)34-45/h1-36,53,55,58H,56H2/b57-36?,60-54-. The number of amidine groups is 1. The predicted molar refractivity (Wildman–Crippen MR) is 252 cm³/mol. The molecule has 0 saturated heterocycles. The second kappa shape index (κ2) is 16.7. The molecule has 9 aromatic rings. The Labute approximate surface area is 354 Å². The van der Waals surface area contributed by atoms with Crippen LogP contribution >= 0.6 is 0 Å². The molecule has 0 radical (unpaired) electrons. The molecule has 10 rings (SSSR count). The number of nitrogens with one attached hydrogen (secondary N) is 1. The van der Waals surface area contributed by atoms with E-state index in [2.05, 4.69) is 133 Å². The van der Waals surface area contributed by atoms with E-state index in [9.17, 15) is 0 Å². The van der Waals surface area contributed by atoms with E-state index in [0.717, 1.165) is 89.0 Å². The van der Waals surface area contributed by atoms with Crippen LogP contribution < -0.4 is 11.1 Å². The first kappa shape index (κ1) is 37.3. The van der Waals surface area contributed by atoms with Crippen LogP contribution in [0.15, 0.2) is 232 Å². The summed E-state index contributed by atoms with van der Waals surface area (Å²) in [7, 11) is 0. The number of nitrogens with two attached hydrogens (primary N) is 1. The van der Waals surface area contributed by atoms with Gasteiger partial charge in [-0.2, -0.15) is 0 Å². The number of rotatable bonds is 9. The second-order valence-corrected chi connectivity index (χ2v) is 15.1. The third-order valence-corrected chi connectivity index (χ3v) is 11.0. The third kappa shape index (κ3) is 8.08. The molecule has 6 nitrogen and oxygen atoms in total. The average Bonchev–Trinajstić information content (AvgIpc) is 3.72. The van der Waals surface area contributed by atoms with Gasteiger partial charge in [0.15, 0.2) is 5.84 Å². The number of hydrogen-bond donors (Lipinski definition) is 2. The number of fused-ring (bicyclic) bond motifs is 3. The Hall–Kier alpha value is -7.93. The molecule has 2 atom stereocenters. The summed E-state index contributed by atoms with van der Waals surface area (Å²) in [6, 6.07) is 70.4. The van der Waals surface area contributed by atoms with Gasteiger partial charge < -0.3 is 15.5 Å². The van der Waals surface area contributed by atoms with Crippen molar-refractivity contribution in [3.63, 3.8) is 0 Å². The summed E-state index contributed by atoms with van der Waals surface area (Å²) in [6.45, 7) is 0. The van der Waals surface area contributed by atoms with Crippen molar-refractivity contribution in [3.8, 4) is 22.3 Å². The van der Waals surface area contributed by atoms with Crippen molar-refractivity contribution in [1.82, 2.24) is 5.32 Å². The Morgan fingerprint density at radius 2 is 1.20 bits per heavy atom. The van der Waals surface area contributed by atoms with Crippen LogP contribution in [0.4, 0.5) is 0 Å². The Morgan fingerprint density at radius 1 is 0.557 bits per heavy atom. The van der Waals surface area contributed by atoms with E-state index in [1.165, 1.54) is 0 Å². The molecule has 3 N–H and O–H groups in total. The molecular weight excluding hydrogens is 747 g/mol. The third-order valence-electron chi connectivity index (χ3n) is 11.0. The van der Waals surface area contributed by atoms with Gasteiger partial charge in [0.1, 0.15) is 23.5 Å². The van der Waals surface area contributed by atoms with Gasteiger partial charge >= 0.3 is 0 Å². The minimum atomic E-state index is -0.604. The first-order chi connectivity index (χ1) is 30.1. The lowest BCUT2D eigenvalue weighted by Gasteiger charge is -2.25. The van der Waals surface area contributed by atoms with Crippen LogP contribution in [0, 0.1) is 0 Å². The van der Waals surface area contributed by atoms with E-state index in [1.807, 2.05) is 91.1 Å². The fourth-order valence-electron chi connectivity index (χ4n) is 7.85. The number of para-hydroxylation sites is 1. The zero-order valence-corrected chi connectivity index (χ0v) is 33.3. The highest BCUT2D eigenvalue weighted by atomic mass is 16.3. The van der Waals surface area contributed by atoms with Gasteiger partial charge in [-0.05, 0) is 87.0 Å². The van der Waals surface area contributed by atoms with Gasteiger partial charge in [-0.1, -0.05) is 170 Å². The Balaban J connectivity index is 0.954. The zero-order valence-electron chi connectivity index (χ0n) is 33.3. The summed E-state index contributed by atoms with van der Waals surface area (Å²) in [4.78, 5) is 15.1. The molecule has 0 spiro atoms. The summed E-state index contributed by atoms with van der Waals surface area (Å²) >= 11 is 0. The summed E-state index contributed by atoms with van der Waals surface area (Å²) in [5.41, 5.74) is 20.6. The van der Waals surface area contributed by atoms with Crippen LogP contribution in [0.3, 0.4) is 0 Å². The van der Waals surface area contributed by atoms with Crippen molar-refractivity contribution in [2.75, 3.05) is 0 Å². The fourth-order valence-corrected chi connectivity index (χ4v) is 7.85. The van der Waals surface area contributed by atoms with Crippen LogP contribution in [-0.2, 0) is 0 Å². The molecule has 0 bridgehead atoms. The van der Waals surface area contributed by atoms with E-state index in [4.69, 9.17) is 25.1 Å². The lowest BCUT2D eigenvalue weighted by Crippen LogP contribution is -2.24. The number of nitrogens with zero attached hydrogens (tertiary/aromatic N) is 3. The van der Waals surface area contributed by atoms with Crippen molar-refractivity contribution >= 4 is 45.4 Å². The molecule has 0 fully saturated rings. The Kier molecular flexibility index (Phi) is 10.2. The summed E-state index contributed by atoms with van der Waals surface area (Å²) < 4.78 is 6.27. The fraction of sp³-hybridized carbons (Fsp3) is 0.0364. The molecule has 8 aromatic carbocycles. The lowest BCUT2D eigenvalue weighted by molar-refractivity contribution is 0.663. The topological polar surface area (TPSA) is 88.3 Å². The molecule has 0 amide bonds. The van der Waals surface area contributed by atoms with E-state index in [1.54, 1.807) is 0 Å². The van der Waals surface area contributed by atoms with E-state index >= 15 is 0 Å². The van der Waals surface area contributed by atoms with Gasteiger partial charge in [-0.25, -0.2) is 9.98 Å². The van der Waals surface area contributed by atoms with Gasteiger partial charge in [0, 0.05) is 33.8 Å². The highest BCUT2D eigenvalue weighted by Crippen LogP contribution is 2.33. The molecule has 2 unspecified atom stereocenters. The van der Waals surface area contributed by atoms with Crippen molar-refractivity contribution < 1.29 is 4.42 Å². The minimum absolute atomic E-state index is 0.271. The first-order valence-corrected chi connectivity index (χ1v) is 20.4. The molecular formula is C55H41N5O. The van der Waals surface area contributed by atoms with Crippen LogP contribution in [0.1, 0.15) is 45.7 Å². The maximum atomic E-state index is 6.76. The number of benzene rings is 8. The van der Waals surface area contributed by atoms with E-state index in [0.29, 0.717) is 5.84 Å². The van der Waals surface area contributed by atoms with Gasteiger partial charge in [0.25, 0.3) is 0 Å². The Morgan fingerprint density at radius 3 is 2.02 bits per heavy atom. The molecule has 292 valence electrons. The van der Waals surface area contributed by atoms with Crippen LogP contribution in [0.2, 0.25) is 0 Å². The largest absolute Gasteiger partial charge is 0.456 e. The average molecular weight is 788 g/mol. The SMILES string of the molecule is NC(/N=C(\N=Cc1cccc(-c2cccc(C3=CC(c4ccc5c(c4)oc4ccccc45)=NC(c4ccccc4)N3)c2)c1)c1ccccc1)c1cccc(-c2ccccc2)c1. The molecule has 6 heteroatoms. The lowest BCUT2D eigenvalue weighted by atomic mass is 9.97. The quantitative estimate of drug-likeness (QED) is 0.113. The molecule has 1 aliphatic heterocycles. The van der Waals surface area contributed by atoms with Crippen molar-refractivity contribution in [2.24, 2.45) is 20.7 Å². The minimum Gasteiger partial charge on any atom is -0.456 e. The first-order valence-electron chi connectivity index (χ1n) is 20.4. The number of hydrogen-bond acceptors (Lipinski definition) is 5. The van der Waals surface area contributed by atoms with Crippen molar-refractivity contribution in [1.29, 1.82) is 0 Å². The molecule has 61 heavy (non-hydrogen) atoms. The highest BCUT2D eigenvalue weighted by molar-refractivity contribution is 6.15. The zero-order chi connectivity index (χ0) is 41.0. The molecule has 0 saturated carbocycles. The predicted octanol–water partition coefficient (Wildman–Crippen LogP) is 12.6. The number of allylic oxidation sites excluding steroid dienone is 1. The molecule has 1 aliphatic rings. The van der Waals surface area contributed by atoms with Gasteiger partial charge in [0.2, 0.25) is 0 Å². The van der Waals surface area contributed by atoms with Crippen molar-refractivity contribution in [2.45, 2.75) is 12.3 Å². The maximum Gasteiger partial charge on any atom is 0.156 e. The van der Waals surface area contributed by atoms with Gasteiger partial charge in [0.05, 0.1) is 5.71 Å². The summed E-state index contributed by atoms with van der Waals surface area (Å²) in [6.07, 6.45) is 3.13. The summed E-state index contributed by atoms with van der Waals surface area (Å²) in [5, 5.41) is 5.93. The van der Waals surface area contributed by atoms with Crippen LogP contribution in [-0.4, -0.2) is 17.8 Å². The smallest absolute Gasteiger partial charge is 0.156 e. The number of furan rings is 1. The Bertz CT molecular complexity index is 3130. The second-order valence-electron chi connectivity index (χ2n) is 15.1. The monoisotopic (exact) mass is 787 g/mol. The maximum absolute atomic E-state index is 6.76. The van der Waals surface area contributed by atoms with Crippen LogP contribution in [0.5, 0.6) is 0 Å². The molecule has 1 aromatic heterocycles. The number of aliphatic imine (C=N–C) groups is 3. The van der Waals surface area contributed by atoms with Crippen LogP contribution in [0.25, 0.3) is 49.9 Å². The highest BCUT2D eigenvalue weighted by Gasteiger charge is 2.21. The normalized spacial score (nSPS) is 14.8. The van der Waals surface area contributed by atoms with Gasteiger partial charge in [-0.3, -0.25) is 4.99 Å². The van der Waals surface area contributed by atoms with E-state index < -0.39 is 6.17 Å². The summed E-state index contributed by atoms with van der Waals surface area (Å²) in [5.74, 6) is 0.561. The van der Waals surface area contributed by atoms with E-state index in [-0.39, 0.29) is 6.17 Å².